The number of hydrogen-bond acceptors (Lipinski definition) is 5. The highest BCUT2D eigenvalue weighted by Crippen LogP contribution is 2.25. The van der Waals surface area contributed by atoms with Crippen molar-refractivity contribution in [3.8, 4) is 0 Å². The van der Waals surface area contributed by atoms with E-state index in [1.54, 1.807) is 0 Å². The molecule has 3 aromatic heterocycles. The van der Waals surface area contributed by atoms with Gasteiger partial charge >= 0.3 is 0 Å². The van der Waals surface area contributed by atoms with Crippen molar-refractivity contribution in [1.29, 1.82) is 0 Å². The van der Waals surface area contributed by atoms with E-state index in [2.05, 4.69) is 35.6 Å². The van der Waals surface area contributed by atoms with Gasteiger partial charge in [-0.2, -0.15) is 5.10 Å². The summed E-state index contributed by atoms with van der Waals surface area (Å²) in [6, 6.07) is 10.3. The number of aromatic nitrogens is 3. The molecule has 25 heavy (non-hydrogen) atoms. The zero-order valence-corrected chi connectivity index (χ0v) is 15.1. The Morgan fingerprint density at radius 2 is 2.28 bits per heavy atom. The van der Waals surface area contributed by atoms with Gasteiger partial charge in [0.25, 0.3) is 0 Å². The van der Waals surface area contributed by atoms with Crippen LogP contribution in [0.15, 0.2) is 42.7 Å². The minimum Gasteiger partial charge on any atom is -0.370 e. The number of pyridine rings is 1. The van der Waals surface area contributed by atoms with Crippen LogP contribution in [-0.2, 0) is 24.2 Å². The number of nitrogens with zero attached hydrogens (tertiary/aromatic N) is 3. The highest BCUT2D eigenvalue weighted by atomic mass is 32.1. The van der Waals surface area contributed by atoms with Crippen molar-refractivity contribution in [1.82, 2.24) is 20.1 Å². The van der Waals surface area contributed by atoms with Crippen LogP contribution in [-0.4, -0.2) is 27.9 Å². The molecule has 1 aliphatic heterocycles. The summed E-state index contributed by atoms with van der Waals surface area (Å²) < 4.78 is 7.94. The Morgan fingerprint density at radius 3 is 3.08 bits per heavy atom. The van der Waals surface area contributed by atoms with Gasteiger partial charge in [-0.1, -0.05) is 6.07 Å². The van der Waals surface area contributed by atoms with Crippen LogP contribution in [0.25, 0.3) is 0 Å². The predicted molar refractivity (Wildman–Crippen MR) is 98.7 cm³/mol. The molecule has 1 atom stereocenters. The molecule has 4 rings (SSSR count). The molecule has 6 heteroatoms. The summed E-state index contributed by atoms with van der Waals surface area (Å²) >= 11 is 1.84. The van der Waals surface area contributed by atoms with E-state index in [-0.39, 0.29) is 6.10 Å². The van der Waals surface area contributed by atoms with E-state index in [4.69, 9.17) is 9.84 Å². The summed E-state index contributed by atoms with van der Waals surface area (Å²) in [4.78, 5) is 7.09. The van der Waals surface area contributed by atoms with Gasteiger partial charge in [-0.15, -0.1) is 11.3 Å². The Kier molecular flexibility index (Phi) is 4.92. The van der Waals surface area contributed by atoms with E-state index < -0.39 is 0 Å². The lowest BCUT2D eigenvalue weighted by Crippen LogP contribution is -2.27. The number of fused-ring (bicyclic) bond motifs is 1. The van der Waals surface area contributed by atoms with Gasteiger partial charge in [-0.05, 0) is 43.2 Å². The molecule has 4 heterocycles. The zero-order valence-electron chi connectivity index (χ0n) is 14.3. The van der Waals surface area contributed by atoms with Gasteiger partial charge in [0.05, 0.1) is 24.5 Å². The van der Waals surface area contributed by atoms with Gasteiger partial charge < -0.3 is 10.1 Å². The van der Waals surface area contributed by atoms with Crippen LogP contribution in [0, 0.1) is 6.92 Å². The third-order valence-corrected chi connectivity index (χ3v) is 5.34. The van der Waals surface area contributed by atoms with E-state index in [1.807, 2.05) is 40.4 Å². The number of aryl methyl sites for hydroxylation is 1. The highest BCUT2D eigenvalue weighted by molar-refractivity contribution is 7.11. The van der Waals surface area contributed by atoms with E-state index in [9.17, 15) is 0 Å². The Morgan fingerprint density at radius 1 is 1.32 bits per heavy atom. The molecule has 0 aliphatic carbocycles. The number of thiophene rings is 1. The molecule has 0 spiro atoms. The Balaban J connectivity index is 1.40. The molecule has 130 valence electrons. The fourth-order valence-corrected chi connectivity index (χ4v) is 3.99. The van der Waals surface area contributed by atoms with Gasteiger partial charge in [0, 0.05) is 35.2 Å². The van der Waals surface area contributed by atoms with Gasteiger partial charge in [0.2, 0.25) is 0 Å². The number of nitrogens with one attached hydrogen (secondary N) is 1. The number of rotatable bonds is 6. The van der Waals surface area contributed by atoms with Crippen molar-refractivity contribution >= 4 is 11.3 Å². The summed E-state index contributed by atoms with van der Waals surface area (Å²) in [6.45, 7) is 5.25. The molecule has 0 radical (unpaired) electrons. The molecule has 0 unspecified atom stereocenters. The van der Waals surface area contributed by atoms with Gasteiger partial charge in [-0.25, -0.2) is 0 Å². The van der Waals surface area contributed by atoms with Crippen molar-refractivity contribution in [2.75, 3.05) is 13.2 Å². The lowest BCUT2D eigenvalue weighted by atomic mass is 10.1. The van der Waals surface area contributed by atoms with E-state index in [1.165, 1.54) is 15.3 Å². The van der Waals surface area contributed by atoms with E-state index in [0.717, 1.165) is 37.5 Å². The summed E-state index contributed by atoms with van der Waals surface area (Å²) in [5.41, 5.74) is 3.38. The first-order valence-electron chi connectivity index (χ1n) is 8.62. The third-order valence-electron chi connectivity index (χ3n) is 4.34. The third kappa shape index (κ3) is 3.98. The second-order valence-corrected chi connectivity index (χ2v) is 7.68. The minimum absolute atomic E-state index is 0.0230. The Labute approximate surface area is 151 Å². The van der Waals surface area contributed by atoms with Crippen LogP contribution in [0.5, 0.6) is 0 Å². The number of hydrogen-bond donors (Lipinski definition) is 1. The van der Waals surface area contributed by atoms with Crippen LogP contribution >= 0.6 is 11.3 Å². The fraction of sp³-hybridized carbons (Fsp3) is 0.368. The second-order valence-electron chi connectivity index (χ2n) is 6.31. The van der Waals surface area contributed by atoms with Crippen LogP contribution in [0.3, 0.4) is 0 Å². The average Bonchev–Trinajstić information content (AvgIpc) is 3.22. The molecule has 0 saturated carbocycles. The summed E-state index contributed by atoms with van der Waals surface area (Å²) in [7, 11) is 0. The molecule has 0 fully saturated rings. The molecule has 1 aliphatic rings. The summed E-state index contributed by atoms with van der Waals surface area (Å²) in [5, 5.41) is 8.28. The highest BCUT2D eigenvalue weighted by Gasteiger charge is 2.24. The first-order valence-corrected chi connectivity index (χ1v) is 9.43. The molecule has 0 bridgehead atoms. The van der Waals surface area contributed by atoms with E-state index in [0.29, 0.717) is 6.54 Å². The van der Waals surface area contributed by atoms with Crippen molar-refractivity contribution < 1.29 is 4.74 Å². The standard InChI is InChI=1S/C19H22N4OS/c1-14-5-6-17(25-14)10-20-11-18-19-15(7-9-24-18)12-23(22-19)13-16-4-2-3-8-21-16/h2-6,8,12,18,20H,7,9-11,13H2,1H3/t18-/m0/s1. The Hall–Kier alpha value is -2.02. The van der Waals surface area contributed by atoms with Crippen LogP contribution in [0.4, 0.5) is 0 Å². The van der Waals surface area contributed by atoms with Crippen LogP contribution in [0.1, 0.15) is 32.8 Å². The molecule has 1 N–H and O–H groups in total. The predicted octanol–water partition coefficient (Wildman–Crippen LogP) is 3.10. The van der Waals surface area contributed by atoms with Crippen LogP contribution < -0.4 is 5.32 Å². The fourth-order valence-electron chi connectivity index (χ4n) is 3.13. The molecular formula is C19H22N4OS. The van der Waals surface area contributed by atoms with Crippen LogP contribution in [0.2, 0.25) is 0 Å². The monoisotopic (exact) mass is 354 g/mol. The van der Waals surface area contributed by atoms with Gasteiger partial charge in [0.15, 0.2) is 0 Å². The second kappa shape index (κ2) is 7.47. The molecular weight excluding hydrogens is 332 g/mol. The zero-order chi connectivity index (χ0) is 17.1. The number of ether oxygens (including phenoxy) is 1. The van der Waals surface area contributed by atoms with Crippen molar-refractivity contribution in [2.45, 2.75) is 32.5 Å². The quantitative estimate of drug-likeness (QED) is 0.739. The summed E-state index contributed by atoms with van der Waals surface area (Å²) in [5.74, 6) is 0. The lowest BCUT2D eigenvalue weighted by Gasteiger charge is -2.22. The molecule has 0 aromatic carbocycles. The smallest absolute Gasteiger partial charge is 0.114 e. The first-order chi connectivity index (χ1) is 12.3. The molecule has 5 nitrogen and oxygen atoms in total. The molecule has 0 amide bonds. The maximum atomic E-state index is 5.96. The molecule has 0 saturated heterocycles. The van der Waals surface area contributed by atoms with Crippen molar-refractivity contribution in [2.24, 2.45) is 0 Å². The SMILES string of the molecule is Cc1ccc(CNC[C@@H]2OCCc3cn(Cc4ccccn4)nc32)s1. The Bertz CT molecular complexity index is 827. The lowest BCUT2D eigenvalue weighted by molar-refractivity contribution is 0.0393. The van der Waals surface area contributed by atoms with Crippen molar-refractivity contribution in [3.05, 3.63) is 69.4 Å². The average molecular weight is 354 g/mol. The van der Waals surface area contributed by atoms with Crippen molar-refractivity contribution in [3.63, 3.8) is 0 Å². The van der Waals surface area contributed by atoms with Gasteiger partial charge in [-0.3, -0.25) is 9.67 Å². The maximum Gasteiger partial charge on any atom is 0.114 e. The normalized spacial score (nSPS) is 16.8. The van der Waals surface area contributed by atoms with E-state index >= 15 is 0 Å². The summed E-state index contributed by atoms with van der Waals surface area (Å²) in [6.07, 6.45) is 4.91. The molecule has 3 aromatic rings. The topological polar surface area (TPSA) is 52.0 Å². The first kappa shape index (κ1) is 16.4. The minimum atomic E-state index is 0.0230. The van der Waals surface area contributed by atoms with Gasteiger partial charge in [0.1, 0.15) is 6.10 Å². The maximum absolute atomic E-state index is 5.96. The largest absolute Gasteiger partial charge is 0.370 e.